The minimum absolute atomic E-state index is 0.253. The summed E-state index contributed by atoms with van der Waals surface area (Å²) in [5.74, 6) is -0.768. The number of carbonyl (C=O) groups is 2. The lowest BCUT2D eigenvalue weighted by Gasteiger charge is -2.19. The van der Waals surface area contributed by atoms with Gasteiger partial charge in [0.25, 0.3) is 0 Å². The molecule has 1 aromatic rings. The summed E-state index contributed by atoms with van der Waals surface area (Å²) in [5.41, 5.74) is 1.60. The van der Waals surface area contributed by atoms with Gasteiger partial charge in [0, 0.05) is 10.6 Å². The first-order valence-corrected chi connectivity index (χ1v) is 7.19. The first-order valence-electron chi connectivity index (χ1n) is 6.82. The van der Waals surface area contributed by atoms with E-state index in [1.807, 2.05) is 6.92 Å². The number of carbonyl (C=O) groups excluding carboxylic acids is 2. The average molecular weight is 309 g/mol. The Bertz CT molecular complexity index is 580. The molecule has 0 spiro atoms. The van der Waals surface area contributed by atoms with Gasteiger partial charge in [-0.2, -0.15) is 0 Å². The standard InChI is InChI=1S/C17H21ClO3/c1-6-13(14-8-7-12(18)9-11(14)2)15(19)10-16(20)21-17(3,4)5/h6-9H,10H2,1-5H3/b13-6+. The summed E-state index contributed by atoms with van der Waals surface area (Å²) in [7, 11) is 0. The molecule has 0 saturated heterocycles. The van der Waals surface area contributed by atoms with E-state index in [4.69, 9.17) is 16.3 Å². The molecule has 0 aliphatic rings. The Morgan fingerprint density at radius 2 is 1.90 bits per heavy atom. The summed E-state index contributed by atoms with van der Waals surface area (Å²) < 4.78 is 5.18. The lowest BCUT2D eigenvalue weighted by Crippen LogP contribution is -2.25. The quantitative estimate of drug-likeness (QED) is 0.472. The molecule has 0 radical (unpaired) electrons. The van der Waals surface area contributed by atoms with Crippen molar-refractivity contribution in [1.82, 2.24) is 0 Å². The van der Waals surface area contributed by atoms with Crippen LogP contribution in [0.2, 0.25) is 5.02 Å². The van der Waals surface area contributed by atoms with Crippen molar-refractivity contribution in [1.29, 1.82) is 0 Å². The van der Waals surface area contributed by atoms with Crippen molar-refractivity contribution in [3.05, 3.63) is 40.4 Å². The molecular formula is C17H21ClO3. The minimum Gasteiger partial charge on any atom is -0.460 e. The van der Waals surface area contributed by atoms with Crippen LogP contribution in [0.15, 0.2) is 24.3 Å². The molecule has 0 heterocycles. The molecule has 0 bridgehead atoms. The zero-order chi connectivity index (χ0) is 16.2. The number of esters is 1. The molecule has 0 aliphatic carbocycles. The molecule has 0 amide bonds. The fourth-order valence-electron chi connectivity index (χ4n) is 2.00. The number of hydrogen-bond acceptors (Lipinski definition) is 3. The number of allylic oxidation sites excluding steroid dienone is 2. The van der Waals surface area contributed by atoms with E-state index in [1.165, 1.54) is 0 Å². The molecule has 0 unspecified atom stereocenters. The summed E-state index contributed by atoms with van der Waals surface area (Å²) in [4.78, 5) is 24.1. The highest BCUT2D eigenvalue weighted by Crippen LogP contribution is 2.24. The van der Waals surface area contributed by atoms with Gasteiger partial charge in [-0.15, -0.1) is 0 Å². The molecule has 0 aromatic heterocycles. The van der Waals surface area contributed by atoms with Gasteiger partial charge in [0.05, 0.1) is 0 Å². The highest BCUT2D eigenvalue weighted by Gasteiger charge is 2.21. The summed E-state index contributed by atoms with van der Waals surface area (Å²) in [6, 6.07) is 5.31. The second kappa shape index (κ2) is 6.90. The van der Waals surface area contributed by atoms with E-state index in [0.29, 0.717) is 10.6 Å². The van der Waals surface area contributed by atoms with Gasteiger partial charge in [0.15, 0.2) is 5.78 Å². The van der Waals surface area contributed by atoms with Gasteiger partial charge in [0.1, 0.15) is 12.0 Å². The van der Waals surface area contributed by atoms with Crippen molar-refractivity contribution in [2.45, 2.75) is 46.6 Å². The minimum atomic E-state index is -0.594. The van der Waals surface area contributed by atoms with E-state index >= 15 is 0 Å². The maximum atomic E-state index is 12.3. The largest absolute Gasteiger partial charge is 0.460 e. The van der Waals surface area contributed by atoms with E-state index in [1.54, 1.807) is 52.0 Å². The van der Waals surface area contributed by atoms with Crippen LogP contribution in [-0.2, 0) is 14.3 Å². The number of rotatable bonds is 4. The summed E-state index contributed by atoms with van der Waals surface area (Å²) in [6.07, 6.45) is 1.45. The highest BCUT2D eigenvalue weighted by molar-refractivity contribution is 6.31. The highest BCUT2D eigenvalue weighted by atomic mass is 35.5. The van der Waals surface area contributed by atoms with Crippen LogP contribution >= 0.6 is 11.6 Å². The molecule has 0 atom stereocenters. The predicted molar refractivity (Wildman–Crippen MR) is 85.3 cm³/mol. The number of benzene rings is 1. The third kappa shape index (κ3) is 5.35. The van der Waals surface area contributed by atoms with Gasteiger partial charge in [-0.3, -0.25) is 9.59 Å². The molecular weight excluding hydrogens is 288 g/mol. The SMILES string of the molecule is C/C=C(/C(=O)CC(=O)OC(C)(C)C)c1ccc(Cl)cc1C. The summed E-state index contributed by atoms with van der Waals surface area (Å²) >= 11 is 5.92. The van der Waals surface area contributed by atoms with Crippen LogP contribution in [0.5, 0.6) is 0 Å². The smallest absolute Gasteiger partial charge is 0.314 e. The summed E-state index contributed by atoms with van der Waals surface area (Å²) in [6.45, 7) is 8.97. The lowest BCUT2D eigenvalue weighted by atomic mass is 9.95. The summed E-state index contributed by atoms with van der Waals surface area (Å²) in [5, 5.41) is 0.617. The average Bonchev–Trinajstić information content (AvgIpc) is 2.30. The van der Waals surface area contributed by atoms with Crippen molar-refractivity contribution in [2.75, 3.05) is 0 Å². The van der Waals surface area contributed by atoms with Gasteiger partial charge >= 0.3 is 5.97 Å². The monoisotopic (exact) mass is 308 g/mol. The maximum Gasteiger partial charge on any atom is 0.314 e. The van der Waals surface area contributed by atoms with E-state index in [0.717, 1.165) is 11.1 Å². The number of hydrogen-bond donors (Lipinski definition) is 0. The van der Waals surface area contributed by atoms with Crippen LogP contribution in [-0.4, -0.2) is 17.4 Å². The van der Waals surface area contributed by atoms with Crippen LogP contribution in [0.3, 0.4) is 0 Å². The zero-order valence-electron chi connectivity index (χ0n) is 13.1. The molecule has 0 fully saturated rings. The molecule has 0 N–H and O–H groups in total. The Morgan fingerprint density at radius 1 is 1.29 bits per heavy atom. The Labute approximate surface area is 130 Å². The van der Waals surface area contributed by atoms with E-state index in [9.17, 15) is 9.59 Å². The van der Waals surface area contributed by atoms with Gasteiger partial charge < -0.3 is 4.74 Å². The first-order chi connectivity index (χ1) is 9.64. The van der Waals surface area contributed by atoms with E-state index in [2.05, 4.69) is 0 Å². The first kappa shape index (κ1) is 17.4. The van der Waals surface area contributed by atoms with Crippen LogP contribution in [0.1, 0.15) is 45.2 Å². The third-order valence-electron chi connectivity index (χ3n) is 2.79. The van der Waals surface area contributed by atoms with Crippen molar-refractivity contribution in [2.24, 2.45) is 0 Å². The van der Waals surface area contributed by atoms with Crippen LogP contribution in [0, 0.1) is 6.92 Å². The van der Waals surface area contributed by atoms with Crippen molar-refractivity contribution in [3.8, 4) is 0 Å². The maximum absolute atomic E-state index is 12.3. The number of Topliss-reactive ketones (excluding diaryl/α,β-unsaturated/α-hetero) is 1. The van der Waals surface area contributed by atoms with Crippen LogP contribution in [0.25, 0.3) is 5.57 Å². The molecule has 114 valence electrons. The molecule has 0 aliphatic heterocycles. The fourth-order valence-corrected chi connectivity index (χ4v) is 2.23. The molecule has 3 nitrogen and oxygen atoms in total. The molecule has 1 aromatic carbocycles. The molecule has 0 saturated carbocycles. The topological polar surface area (TPSA) is 43.4 Å². The molecule has 21 heavy (non-hydrogen) atoms. The zero-order valence-corrected chi connectivity index (χ0v) is 13.9. The number of ether oxygens (including phenoxy) is 1. The second-order valence-corrected chi connectivity index (χ2v) is 6.28. The van der Waals surface area contributed by atoms with E-state index in [-0.39, 0.29) is 12.2 Å². The van der Waals surface area contributed by atoms with Gasteiger partial charge in [-0.1, -0.05) is 23.7 Å². The molecule has 1 rings (SSSR count). The number of halogens is 1. The Kier molecular flexibility index (Phi) is 5.73. The van der Waals surface area contributed by atoms with Gasteiger partial charge in [0.2, 0.25) is 0 Å². The van der Waals surface area contributed by atoms with Crippen molar-refractivity contribution in [3.63, 3.8) is 0 Å². The number of ketones is 1. The Morgan fingerprint density at radius 3 is 2.38 bits per heavy atom. The van der Waals surface area contributed by atoms with Crippen LogP contribution < -0.4 is 0 Å². The lowest BCUT2D eigenvalue weighted by molar-refractivity contribution is -0.155. The van der Waals surface area contributed by atoms with Crippen molar-refractivity contribution < 1.29 is 14.3 Å². The Balaban J connectivity index is 2.91. The van der Waals surface area contributed by atoms with Gasteiger partial charge in [-0.25, -0.2) is 0 Å². The van der Waals surface area contributed by atoms with Crippen molar-refractivity contribution >= 4 is 28.9 Å². The molecule has 4 heteroatoms. The second-order valence-electron chi connectivity index (χ2n) is 5.85. The fraction of sp³-hybridized carbons (Fsp3) is 0.412. The van der Waals surface area contributed by atoms with Crippen LogP contribution in [0.4, 0.5) is 0 Å². The van der Waals surface area contributed by atoms with E-state index < -0.39 is 11.6 Å². The van der Waals surface area contributed by atoms with Gasteiger partial charge in [-0.05, 0) is 57.9 Å². The third-order valence-corrected chi connectivity index (χ3v) is 3.03. The number of aryl methyl sites for hydroxylation is 1. The Hall–Kier alpha value is -1.61. The normalized spacial score (nSPS) is 12.2. The predicted octanol–water partition coefficient (Wildman–Crippen LogP) is 4.35.